The van der Waals surface area contributed by atoms with Crippen LogP contribution < -0.4 is 11.1 Å². The Morgan fingerprint density at radius 2 is 2.24 bits per heavy atom. The monoisotopic (exact) mass is 372 g/mol. The number of nitrogens with one attached hydrogen (secondary N) is 1. The Morgan fingerprint density at radius 3 is 2.76 bits per heavy atom. The van der Waals surface area contributed by atoms with Crippen molar-refractivity contribution in [2.75, 3.05) is 6.54 Å². The highest BCUT2D eigenvalue weighted by atomic mass is 127. The first-order valence-electron chi connectivity index (χ1n) is 4.99. The highest BCUT2D eigenvalue weighted by Gasteiger charge is 2.09. The number of carbonyl (C=O) groups is 1. The predicted octanol–water partition coefficient (Wildman–Crippen LogP) is 2.32. The molecule has 0 aromatic heterocycles. The molecular weight excluding hydrogens is 357 g/mol. The van der Waals surface area contributed by atoms with Gasteiger partial charge in [-0.05, 0) is 54.1 Å². The van der Waals surface area contributed by atoms with Crippen LogP contribution in [0.1, 0.15) is 23.7 Å². The van der Waals surface area contributed by atoms with E-state index in [9.17, 15) is 9.18 Å². The van der Waals surface area contributed by atoms with E-state index in [-0.39, 0.29) is 30.2 Å². The molecule has 3 nitrogen and oxygen atoms in total. The predicted molar refractivity (Wildman–Crippen MR) is 77.0 cm³/mol. The third-order valence-corrected chi connectivity index (χ3v) is 2.95. The number of halogens is 3. The second-order valence-corrected chi connectivity index (χ2v) is 4.81. The number of nitrogens with two attached hydrogens (primary N) is 1. The molecule has 0 heterocycles. The summed E-state index contributed by atoms with van der Waals surface area (Å²) in [6, 6.07) is 4.16. The zero-order valence-corrected chi connectivity index (χ0v) is 12.3. The SMILES string of the molecule is CC(N)CCNC(=O)c1ccc(F)cc1I.Cl. The fourth-order valence-corrected chi connectivity index (χ4v) is 1.90. The summed E-state index contributed by atoms with van der Waals surface area (Å²) in [6.45, 7) is 2.41. The zero-order chi connectivity index (χ0) is 12.1. The lowest BCUT2D eigenvalue weighted by Crippen LogP contribution is -2.29. The lowest BCUT2D eigenvalue weighted by Gasteiger charge is -2.08. The highest BCUT2D eigenvalue weighted by Crippen LogP contribution is 2.13. The first-order chi connectivity index (χ1) is 7.50. The normalized spacial score (nSPS) is 11.5. The van der Waals surface area contributed by atoms with Crippen molar-refractivity contribution in [3.05, 3.63) is 33.1 Å². The van der Waals surface area contributed by atoms with Gasteiger partial charge in [-0.2, -0.15) is 0 Å². The fraction of sp³-hybridized carbons (Fsp3) is 0.364. The summed E-state index contributed by atoms with van der Waals surface area (Å²) in [5.41, 5.74) is 6.06. The van der Waals surface area contributed by atoms with Gasteiger partial charge in [0.2, 0.25) is 0 Å². The quantitative estimate of drug-likeness (QED) is 0.797. The van der Waals surface area contributed by atoms with Gasteiger partial charge in [0.05, 0.1) is 5.56 Å². The zero-order valence-electron chi connectivity index (χ0n) is 9.37. The third-order valence-electron chi connectivity index (χ3n) is 2.06. The summed E-state index contributed by atoms with van der Waals surface area (Å²) in [4.78, 5) is 11.7. The maximum Gasteiger partial charge on any atom is 0.252 e. The Morgan fingerprint density at radius 1 is 1.59 bits per heavy atom. The summed E-state index contributed by atoms with van der Waals surface area (Å²) in [5.74, 6) is -0.526. The van der Waals surface area contributed by atoms with Crippen molar-refractivity contribution >= 4 is 40.9 Å². The van der Waals surface area contributed by atoms with Crippen LogP contribution >= 0.6 is 35.0 Å². The molecule has 1 aromatic rings. The maximum absolute atomic E-state index is 12.8. The molecule has 1 aromatic carbocycles. The molecule has 6 heteroatoms. The standard InChI is InChI=1S/C11H14FIN2O.ClH/c1-7(14)4-5-15-11(16)9-3-2-8(12)6-10(9)13;/h2-3,6-7H,4-5,14H2,1H3,(H,15,16);1H. The summed E-state index contributed by atoms with van der Waals surface area (Å²) < 4.78 is 13.4. The van der Waals surface area contributed by atoms with Crippen LogP contribution in [0.25, 0.3) is 0 Å². The molecule has 3 N–H and O–H groups in total. The number of hydrogen-bond donors (Lipinski definition) is 2. The van der Waals surface area contributed by atoms with Crippen molar-refractivity contribution in [3.8, 4) is 0 Å². The molecule has 0 radical (unpaired) electrons. The second kappa shape index (κ2) is 7.84. The molecule has 0 saturated heterocycles. The Hall–Kier alpha value is -0.400. The first kappa shape index (κ1) is 16.6. The minimum Gasteiger partial charge on any atom is -0.352 e. The Kier molecular flexibility index (Phi) is 7.65. The molecule has 0 aliphatic rings. The molecular formula is C11H15ClFIN2O. The molecule has 0 fully saturated rings. The molecule has 0 spiro atoms. The van der Waals surface area contributed by atoms with Gasteiger partial charge in [0.1, 0.15) is 5.82 Å². The van der Waals surface area contributed by atoms with Crippen LogP contribution in [0, 0.1) is 9.39 Å². The van der Waals surface area contributed by atoms with E-state index in [0.717, 1.165) is 6.42 Å². The van der Waals surface area contributed by atoms with E-state index >= 15 is 0 Å². The molecule has 0 bridgehead atoms. The Labute approximate surface area is 120 Å². The number of hydrogen-bond acceptors (Lipinski definition) is 2. The van der Waals surface area contributed by atoms with E-state index in [2.05, 4.69) is 5.32 Å². The third kappa shape index (κ3) is 5.65. The largest absolute Gasteiger partial charge is 0.352 e. The smallest absolute Gasteiger partial charge is 0.252 e. The van der Waals surface area contributed by atoms with Crippen molar-refractivity contribution in [1.82, 2.24) is 5.32 Å². The number of carbonyl (C=O) groups excluding carboxylic acids is 1. The summed E-state index contributed by atoms with van der Waals surface area (Å²) in [7, 11) is 0. The van der Waals surface area contributed by atoms with Gasteiger partial charge in [0.25, 0.3) is 5.91 Å². The van der Waals surface area contributed by atoms with E-state index in [1.165, 1.54) is 18.2 Å². The van der Waals surface area contributed by atoms with Crippen LogP contribution in [0.15, 0.2) is 18.2 Å². The molecule has 0 aliphatic carbocycles. The van der Waals surface area contributed by atoms with Crippen LogP contribution in [0.5, 0.6) is 0 Å². The second-order valence-electron chi connectivity index (χ2n) is 3.65. The number of rotatable bonds is 4. The van der Waals surface area contributed by atoms with Crippen molar-refractivity contribution in [2.24, 2.45) is 5.73 Å². The van der Waals surface area contributed by atoms with Gasteiger partial charge in [-0.3, -0.25) is 4.79 Å². The molecule has 96 valence electrons. The van der Waals surface area contributed by atoms with E-state index in [1.807, 2.05) is 29.5 Å². The van der Waals surface area contributed by atoms with E-state index in [4.69, 9.17) is 5.73 Å². The number of benzene rings is 1. The first-order valence-corrected chi connectivity index (χ1v) is 6.07. The van der Waals surface area contributed by atoms with Gasteiger partial charge in [0, 0.05) is 16.2 Å². The minimum absolute atomic E-state index is 0. The fourth-order valence-electron chi connectivity index (χ4n) is 1.18. The van der Waals surface area contributed by atoms with Crippen molar-refractivity contribution in [2.45, 2.75) is 19.4 Å². The molecule has 1 rings (SSSR count). The lowest BCUT2D eigenvalue weighted by molar-refractivity contribution is 0.0952. The van der Waals surface area contributed by atoms with Gasteiger partial charge in [-0.1, -0.05) is 0 Å². The molecule has 0 aliphatic heterocycles. The average molecular weight is 373 g/mol. The van der Waals surface area contributed by atoms with Gasteiger partial charge in [-0.15, -0.1) is 12.4 Å². The van der Waals surface area contributed by atoms with Crippen LogP contribution in [0.3, 0.4) is 0 Å². The lowest BCUT2D eigenvalue weighted by atomic mass is 10.2. The average Bonchev–Trinajstić information content (AvgIpc) is 2.16. The Bertz CT molecular complexity index is 388. The van der Waals surface area contributed by atoms with Crippen LogP contribution in [-0.4, -0.2) is 18.5 Å². The summed E-state index contributed by atoms with van der Waals surface area (Å²) in [5, 5.41) is 2.74. The Balaban J connectivity index is 0.00000256. The highest BCUT2D eigenvalue weighted by molar-refractivity contribution is 14.1. The molecule has 17 heavy (non-hydrogen) atoms. The minimum atomic E-state index is -0.337. The van der Waals surface area contributed by atoms with Crippen LogP contribution in [0.2, 0.25) is 0 Å². The van der Waals surface area contributed by atoms with Crippen molar-refractivity contribution in [1.29, 1.82) is 0 Å². The topological polar surface area (TPSA) is 55.1 Å². The van der Waals surface area contributed by atoms with E-state index in [0.29, 0.717) is 15.7 Å². The molecule has 1 unspecified atom stereocenters. The van der Waals surface area contributed by atoms with Crippen molar-refractivity contribution < 1.29 is 9.18 Å². The number of amides is 1. The van der Waals surface area contributed by atoms with Crippen molar-refractivity contribution in [3.63, 3.8) is 0 Å². The van der Waals surface area contributed by atoms with Crippen LogP contribution in [0.4, 0.5) is 4.39 Å². The van der Waals surface area contributed by atoms with Gasteiger partial charge >= 0.3 is 0 Å². The van der Waals surface area contributed by atoms with Gasteiger partial charge < -0.3 is 11.1 Å². The summed E-state index contributed by atoms with van der Waals surface area (Å²) in [6.07, 6.45) is 0.726. The van der Waals surface area contributed by atoms with Gasteiger partial charge in [0.15, 0.2) is 0 Å². The van der Waals surface area contributed by atoms with E-state index in [1.54, 1.807) is 0 Å². The van der Waals surface area contributed by atoms with Gasteiger partial charge in [-0.25, -0.2) is 4.39 Å². The molecule has 0 saturated carbocycles. The van der Waals surface area contributed by atoms with E-state index < -0.39 is 0 Å². The molecule has 1 atom stereocenters. The van der Waals surface area contributed by atoms with Crippen LogP contribution in [-0.2, 0) is 0 Å². The summed E-state index contributed by atoms with van der Waals surface area (Å²) >= 11 is 1.94. The molecule has 1 amide bonds. The maximum atomic E-state index is 12.8.